The summed E-state index contributed by atoms with van der Waals surface area (Å²) in [5.41, 5.74) is 1.24. The average Bonchev–Trinajstić information content (AvgIpc) is 2.87. The zero-order valence-corrected chi connectivity index (χ0v) is 19.6. The number of hydrogen-bond acceptors (Lipinski definition) is 5. The highest BCUT2D eigenvalue weighted by Gasteiger charge is 2.23. The second kappa shape index (κ2) is 10.6. The zero-order chi connectivity index (χ0) is 24.9. The van der Waals surface area contributed by atoms with Crippen LogP contribution in [0.4, 0.5) is 10.1 Å². The summed E-state index contributed by atoms with van der Waals surface area (Å²) in [5.74, 6) is -1.35. The third kappa shape index (κ3) is 5.63. The number of amides is 2. The van der Waals surface area contributed by atoms with Crippen LogP contribution in [-0.4, -0.2) is 64.5 Å². The van der Waals surface area contributed by atoms with Gasteiger partial charge in [-0.3, -0.25) is 14.4 Å². The molecule has 182 valence electrons. The molecular formula is C26H28FN5O3. The van der Waals surface area contributed by atoms with Crippen LogP contribution in [0, 0.1) is 5.82 Å². The van der Waals surface area contributed by atoms with Crippen molar-refractivity contribution in [3.8, 4) is 0 Å². The van der Waals surface area contributed by atoms with Gasteiger partial charge in [-0.05, 0) is 30.3 Å². The molecule has 1 aliphatic heterocycles. The van der Waals surface area contributed by atoms with E-state index in [9.17, 15) is 18.8 Å². The van der Waals surface area contributed by atoms with Crippen molar-refractivity contribution in [2.75, 3.05) is 38.0 Å². The summed E-state index contributed by atoms with van der Waals surface area (Å²) < 4.78 is 14.5. The maximum Gasteiger partial charge on any atom is 0.272 e. The molecule has 0 bridgehead atoms. The maximum atomic E-state index is 14.5. The molecule has 9 heteroatoms. The third-order valence-corrected chi connectivity index (χ3v) is 6.23. The van der Waals surface area contributed by atoms with Crippen LogP contribution in [0.1, 0.15) is 24.6 Å². The Hall–Kier alpha value is -3.85. The van der Waals surface area contributed by atoms with Gasteiger partial charge < -0.3 is 15.1 Å². The maximum absolute atomic E-state index is 14.5. The van der Waals surface area contributed by atoms with E-state index in [2.05, 4.69) is 33.9 Å². The van der Waals surface area contributed by atoms with Gasteiger partial charge in [0.1, 0.15) is 5.82 Å². The van der Waals surface area contributed by atoms with Gasteiger partial charge in [0, 0.05) is 43.6 Å². The number of piperazine rings is 1. The zero-order valence-electron chi connectivity index (χ0n) is 19.6. The Labute approximate surface area is 202 Å². The van der Waals surface area contributed by atoms with Crippen LogP contribution in [0.15, 0.2) is 59.4 Å². The van der Waals surface area contributed by atoms with Crippen molar-refractivity contribution in [3.63, 3.8) is 0 Å². The van der Waals surface area contributed by atoms with Crippen molar-refractivity contribution in [2.24, 2.45) is 0 Å². The molecule has 0 spiro atoms. The first kappa shape index (κ1) is 24.3. The number of halogens is 1. The Balaban J connectivity index is 1.42. The fourth-order valence-corrected chi connectivity index (χ4v) is 4.23. The van der Waals surface area contributed by atoms with Crippen LogP contribution in [0.3, 0.4) is 0 Å². The second-order valence-electron chi connectivity index (χ2n) is 8.59. The monoisotopic (exact) mass is 477 g/mol. The van der Waals surface area contributed by atoms with Crippen LogP contribution in [0.2, 0.25) is 0 Å². The molecule has 3 aromatic rings. The summed E-state index contributed by atoms with van der Waals surface area (Å²) in [4.78, 5) is 41.2. The first-order valence-corrected chi connectivity index (χ1v) is 11.6. The topological polar surface area (TPSA) is 98.4 Å². The molecule has 8 nitrogen and oxygen atoms in total. The number of rotatable bonds is 7. The minimum atomic E-state index is -0.589. The molecule has 0 aliphatic carbocycles. The molecule has 2 amide bonds. The SMILES string of the molecule is C=C(CC(=O)Nc1cc(Cc2n[nH]c(=O)c3ccccc23)ccc1F)C(=O)N1CCN(CC)CC1. The number of aromatic nitrogens is 2. The Morgan fingerprint density at radius 1 is 1.11 bits per heavy atom. The molecule has 0 saturated carbocycles. The third-order valence-electron chi connectivity index (χ3n) is 6.23. The number of nitrogens with zero attached hydrogens (tertiary/aromatic N) is 3. The molecule has 35 heavy (non-hydrogen) atoms. The molecule has 1 aliphatic rings. The smallest absolute Gasteiger partial charge is 0.272 e. The van der Waals surface area contributed by atoms with Gasteiger partial charge in [0.05, 0.1) is 23.2 Å². The molecule has 1 aromatic heterocycles. The Morgan fingerprint density at radius 2 is 1.83 bits per heavy atom. The molecule has 2 heterocycles. The Morgan fingerprint density at radius 3 is 2.54 bits per heavy atom. The van der Waals surface area contributed by atoms with Crippen molar-refractivity contribution < 1.29 is 14.0 Å². The fourth-order valence-electron chi connectivity index (χ4n) is 4.23. The number of carbonyl (C=O) groups is 2. The standard InChI is InChI=1S/C26H28FN5O3/c1-3-31-10-12-32(13-11-31)26(35)17(2)14-24(33)28-23-16-18(8-9-21(23)27)15-22-19-6-4-5-7-20(19)25(34)30-29-22/h4-9,16H,2-3,10-15H2,1H3,(H,28,33)(H,30,34). The van der Waals surface area contributed by atoms with Gasteiger partial charge in [-0.15, -0.1) is 0 Å². The highest BCUT2D eigenvalue weighted by Crippen LogP contribution is 2.21. The number of benzene rings is 2. The van der Waals surface area contributed by atoms with Crippen molar-refractivity contribution in [2.45, 2.75) is 19.8 Å². The van der Waals surface area contributed by atoms with Crippen LogP contribution in [0.25, 0.3) is 10.8 Å². The number of H-pyrrole nitrogens is 1. The van der Waals surface area contributed by atoms with Crippen molar-refractivity contribution in [1.29, 1.82) is 0 Å². The molecule has 0 atom stereocenters. The highest BCUT2D eigenvalue weighted by atomic mass is 19.1. The summed E-state index contributed by atoms with van der Waals surface area (Å²) in [6, 6.07) is 11.5. The van der Waals surface area contributed by atoms with Crippen LogP contribution >= 0.6 is 0 Å². The predicted molar refractivity (Wildman–Crippen MR) is 133 cm³/mol. The number of carbonyl (C=O) groups excluding carboxylic acids is 2. The Kier molecular flexibility index (Phi) is 7.36. The number of anilines is 1. The van der Waals surface area contributed by atoms with Gasteiger partial charge in [0.15, 0.2) is 0 Å². The number of hydrogen-bond donors (Lipinski definition) is 2. The lowest BCUT2D eigenvalue weighted by molar-refractivity contribution is -0.130. The summed E-state index contributed by atoms with van der Waals surface area (Å²) in [6.07, 6.45) is 0.109. The van der Waals surface area contributed by atoms with E-state index in [0.29, 0.717) is 41.5 Å². The van der Waals surface area contributed by atoms with E-state index in [-0.39, 0.29) is 29.1 Å². The van der Waals surface area contributed by atoms with Crippen LogP contribution in [0.5, 0.6) is 0 Å². The van der Waals surface area contributed by atoms with E-state index in [1.165, 1.54) is 12.1 Å². The van der Waals surface area contributed by atoms with Gasteiger partial charge >= 0.3 is 0 Å². The summed E-state index contributed by atoms with van der Waals surface area (Å²) >= 11 is 0. The van der Waals surface area contributed by atoms with E-state index < -0.39 is 11.7 Å². The fraction of sp³-hybridized carbons (Fsp3) is 0.308. The minimum Gasteiger partial charge on any atom is -0.336 e. The number of fused-ring (bicyclic) bond motifs is 1. The van der Waals surface area contributed by atoms with E-state index in [1.54, 1.807) is 23.1 Å². The minimum absolute atomic E-state index is 0.0121. The quantitative estimate of drug-likeness (QED) is 0.510. The normalized spacial score (nSPS) is 14.2. The van der Waals surface area contributed by atoms with Crippen LogP contribution < -0.4 is 10.9 Å². The molecule has 1 saturated heterocycles. The molecule has 0 radical (unpaired) electrons. The van der Waals surface area contributed by atoms with Crippen molar-refractivity contribution >= 4 is 28.3 Å². The van der Waals surface area contributed by atoms with Crippen molar-refractivity contribution in [3.05, 3.63) is 82.0 Å². The van der Waals surface area contributed by atoms with E-state index >= 15 is 0 Å². The van der Waals surface area contributed by atoms with E-state index in [1.807, 2.05) is 12.1 Å². The first-order chi connectivity index (χ1) is 16.9. The van der Waals surface area contributed by atoms with E-state index in [0.717, 1.165) is 19.6 Å². The predicted octanol–water partition coefficient (Wildman–Crippen LogP) is 2.70. The highest BCUT2D eigenvalue weighted by molar-refractivity contribution is 6.02. The first-order valence-electron chi connectivity index (χ1n) is 11.6. The summed E-state index contributed by atoms with van der Waals surface area (Å²) in [7, 11) is 0. The van der Waals surface area contributed by atoms with Gasteiger partial charge in [-0.2, -0.15) is 5.10 Å². The summed E-state index contributed by atoms with van der Waals surface area (Å²) in [6.45, 7) is 9.57. The van der Waals surface area contributed by atoms with Gasteiger partial charge in [-0.1, -0.05) is 37.8 Å². The second-order valence-corrected chi connectivity index (χ2v) is 8.59. The molecule has 0 unspecified atom stereocenters. The largest absolute Gasteiger partial charge is 0.336 e. The van der Waals surface area contributed by atoms with Gasteiger partial charge in [0.2, 0.25) is 11.8 Å². The van der Waals surface area contributed by atoms with Crippen LogP contribution in [-0.2, 0) is 16.0 Å². The molecule has 2 aromatic carbocycles. The number of likely N-dealkylation sites (N-methyl/N-ethyl adjacent to an activating group) is 1. The average molecular weight is 478 g/mol. The Bertz CT molecular complexity index is 1330. The molecular weight excluding hydrogens is 449 g/mol. The molecule has 2 N–H and O–H groups in total. The lowest BCUT2D eigenvalue weighted by Gasteiger charge is -2.34. The lowest BCUT2D eigenvalue weighted by atomic mass is 10.0. The van der Waals surface area contributed by atoms with Crippen molar-refractivity contribution in [1.82, 2.24) is 20.0 Å². The van der Waals surface area contributed by atoms with Gasteiger partial charge in [-0.25, -0.2) is 9.49 Å². The molecule has 1 fully saturated rings. The molecule has 4 rings (SSSR count). The van der Waals surface area contributed by atoms with Gasteiger partial charge in [0.25, 0.3) is 5.56 Å². The summed E-state index contributed by atoms with van der Waals surface area (Å²) in [5, 5.41) is 10.4. The lowest BCUT2D eigenvalue weighted by Crippen LogP contribution is -2.48. The van der Waals surface area contributed by atoms with E-state index in [4.69, 9.17) is 0 Å². The number of aromatic amines is 1. The number of nitrogens with one attached hydrogen (secondary N) is 2.